The van der Waals surface area contributed by atoms with Gasteiger partial charge in [0.05, 0.1) is 11.4 Å². The van der Waals surface area contributed by atoms with Crippen molar-refractivity contribution in [2.24, 2.45) is 5.41 Å². The van der Waals surface area contributed by atoms with Crippen LogP contribution < -0.4 is 10.1 Å². The van der Waals surface area contributed by atoms with E-state index in [1.807, 2.05) is 20.8 Å². The highest BCUT2D eigenvalue weighted by atomic mass is 35.5. The average molecular weight is 375 g/mol. The molecule has 0 aliphatic heterocycles. The molecule has 1 aliphatic carbocycles. The van der Waals surface area contributed by atoms with Crippen molar-refractivity contribution in [3.8, 4) is 5.88 Å². The van der Waals surface area contributed by atoms with Crippen molar-refractivity contribution in [1.29, 1.82) is 0 Å². The zero-order valence-corrected chi connectivity index (χ0v) is 15.3. The normalized spacial score (nSPS) is 15.7. The fourth-order valence-corrected chi connectivity index (χ4v) is 2.77. The first kappa shape index (κ1) is 18.8. The third-order valence-corrected chi connectivity index (χ3v) is 4.14. The van der Waals surface area contributed by atoms with E-state index in [9.17, 15) is 9.59 Å². The summed E-state index contributed by atoms with van der Waals surface area (Å²) in [6.07, 6.45) is 1.57. The molecular formula is C16H20Cl2N2O4. The van der Waals surface area contributed by atoms with E-state index in [2.05, 4.69) is 10.3 Å². The second kappa shape index (κ2) is 6.76. The quantitative estimate of drug-likeness (QED) is 0.780. The number of nitrogens with zero attached hydrogens (tertiary/aromatic N) is 1. The number of amides is 1. The smallest absolute Gasteiger partial charge is 0.303 e. The molecule has 1 aliphatic rings. The highest BCUT2D eigenvalue weighted by molar-refractivity contribution is 6.37. The topological polar surface area (TPSA) is 88.5 Å². The number of rotatable bonds is 6. The van der Waals surface area contributed by atoms with Gasteiger partial charge in [-0.05, 0) is 45.1 Å². The summed E-state index contributed by atoms with van der Waals surface area (Å²) in [7, 11) is 0. The van der Waals surface area contributed by atoms with E-state index in [-0.39, 0.29) is 40.5 Å². The maximum Gasteiger partial charge on any atom is 0.303 e. The van der Waals surface area contributed by atoms with E-state index < -0.39 is 17.0 Å². The van der Waals surface area contributed by atoms with Crippen molar-refractivity contribution in [2.45, 2.75) is 52.1 Å². The Kier molecular flexibility index (Phi) is 5.30. The van der Waals surface area contributed by atoms with Crippen LogP contribution in [0.25, 0.3) is 0 Å². The Bertz CT molecular complexity index is 667. The van der Waals surface area contributed by atoms with Gasteiger partial charge in [0.25, 0.3) is 0 Å². The summed E-state index contributed by atoms with van der Waals surface area (Å²) in [4.78, 5) is 27.2. The second-order valence-corrected chi connectivity index (χ2v) is 7.93. The maximum absolute atomic E-state index is 12.2. The van der Waals surface area contributed by atoms with Crippen LogP contribution in [0.15, 0.2) is 6.07 Å². The van der Waals surface area contributed by atoms with E-state index >= 15 is 0 Å². The minimum atomic E-state index is -0.899. The molecule has 0 atom stereocenters. The Morgan fingerprint density at radius 1 is 1.29 bits per heavy atom. The molecule has 132 valence electrons. The third kappa shape index (κ3) is 5.24. The summed E-state index contributed by atoms with van der Waals surface area (Å²) in [5, 5.41) is 12.0. The van der Waals surface area contributed by atoms with Crippen LogP contribution in [0.3, 0.4) is 0 Å². The molecule has 0 radical (unpaired) electrons. The third-order valence-electron chi connectivity index (χ3n) is 3.58. The lowest BCUT2D eigenvalue weighted by Crippen LogP contribution is -2.24. The standard InChI is InChI=1S/C16H20Cl2N2O4/c1-15(2,3)24-14-10(18)6-9(17)13(20-14)19-11(21)7-16(4-5-16)8-12(22)23/h6H,4-5,7-8H2,1-3H3,(H,22,23)(H,19,20,21). The predicted molar refractivity (Wildman–Crippen MR) is 91.8 cm³/mol. The highest BCUT2D eigenvalue weighted by Crippen LogP contribution is 2.52. The monoisotopic (exact) mass is 374 g/mol. The Morgan fingerprint density at radius 3 is 2.42 bits per heavy atom. The number of hydrogen-bond acceptors (Lipinski definition) is 4. The Balaban J connectivity index is 2.10. The van der Waals surface area contributed by atoms with Crippen molar-refractivity contribution >= 4 is 40.9 Å². The summed E-state index contributed by atoms with van der Waals surface area (Å²) in [6.45, 7) is 5.54. The summed E-state index contributed by atoms with van der Waals surface area (Å²) in [5.74, 6) is -0.900. The number of nitrogens with one attached hydrogen (secondary N) is 1. The van der Waals surface area contributed by atoms with Crippen molar-refractivity contribution in [2.75, 3.05) is 5.32 Å². The molecule has 0 saturated heterocycles. The van der Waals surface area contributed by atoms with Gasteiger partial charge in [-0.25, -0.2) is 0 Å². The molecule has 1 fully saturated rings. The van der Waals surface area contributed by atoms with Crippen LogP contribution in [-0.4, -0.2) is 27.6 Å². The molecule has 8 heteroatoms. The number of carboxylic acid groups (broad SMARTS) is 1. The average Bonchev–Trinajstić information content (AvgIpc) is 3.11. The van der Waals surface area contributed by atoms with Crippen LogP contribution in [-0.2, 0) is 9.59 Å². The summed E-state index contributed by atoms with van der Waals surface area (Å²) >= 11 is 12.1. The van der Waals surface area contributed by atoms with Gasteiger partial charge >= 0.3 is 5.97 Å². The number of pyridine rings is 1. The summed E-state index contributed by atoms with van der Waals surface area (Å²) in [6, 6.07) is 1.46. The predicted octanol–water partition coefficient (Wildman–Crippen LogP) is 4.15. The lowest BCUT2D eigenvalue weighted by atomic mass is 9.98. The van der Waals surface area contributed by atoms with Crippen LogP contribution in [0.4, 0.5) is 5.82 Å². The summed E-state index contributed by atoms with van der Waals surface area (Å²) in [5.41, 5.74) is -0.954. The van der Waals surface area contributed by atoms with Gasteiger partial charge in [-0.3, -0.25) is 9.59 Å². The van der Waals surface area contributed by atoms with Crippen LogP contribution in [0.2, 0.25) is 10.0 Å². The first-order chi connectivity index (χ1) is 11.0. The number of halogens is 2. The highest BCUT2D eigenvalue weighted by Gasteiger charge is 2.46. The van der Waals surface area contributed by atoms with Crippen LogP contribution >= 0.6 is 23.2 Å². The minimum absolute atomic E-state index is 0.0133. The van der Waals surface area contributed by atoms with Gasteiger partial charge in [0.2, 0.25) is 11.8 Å². The molecule has 0 aromatic carbocycles. The Hall–Kier alpha value is -1.53. The molecule has 2 N–H and O–H groups in total. The number of aromatic nitrogens is 1. The van der Waals surface area contributed by atoms with Gasteiger partial charge < -0.3 is 15.2 Å². The first-order valence-electron chi connectivity index (χ1n) is 7.56. The fraction of sp³-hybridized carbons (Fsp3) is 0.562. The van der Waals surface area contributed by atoms with Crippen molar-refractivity contribution in [3.05, 3.63) is 16.1 Å². The van der Waals surface area contributed by atoms with E-state index in [1.54, 1.807) is 0 Å². The van der Waals surface area contributed by atoms with Gasteiger partial charge in [-0.15, -0.1) is 0 Å². The number of ether oxygens (including phenoxy) is 1. The first-order valence-corrected chi connectivity index (χ1v) is 8.32. The number of anilines is 1. The fourth-order valence-electron chi connectivity index (χ4n) is 2.33. The molecule has 1 heterocycles. The molecule has 24 heavy (non-hydrogen) atoms. The molecule has 0 unspecified atom stereocenters. The zero-order valence-electron chi connectivity index (χ0n) is 13.8. The van der Waals surface area contributed by atoms with Crippen LogP contribution in [0.1, 0.15) is 46.5 Å². The van der Waals surface area contributed by atoms with Crippen molar-refractivity contribution in [1.82, 2.24) is 4.98 Å². The van der Waals surface area contributed by atoms with Crippen molar-refractivity contribution < 1.29 is 19.4 Å². The zero-order chi connectivity index (χ0) is 18.1. The minimum Gasteiger partial charge on any atom is -0.481 e. The van der Waals surface area contributed by atoms with E-state index in [0.29, 0.717) is 0 Å². The van der Waals surface area contributed by atoms with Gasteiger partial charge in [0.15, 0.2) is 5.82 Å². The molecule has 6 nitrogen and oxygen atoms in total. The Morgan fingerprint density at radius 2 is 1.92 bits per heavy atom. The Labute approximate surface area is 150 Å². The number of hydrogen-bond donors (Lipinski definition) is 2. The lowest BCUT2D eigenvalue weighted by Gasteiger charge is -2.22. The SMILES string of the molecule is CC(C)(C)Oc1nc(NC(=O)CC2(CC(=O)O)CC2)c(Cl)cc1Cl. The number of aliphatic carboxylic acids is 1. The van der Waals surface area contributed by atoms with E-state index in [1.165, 1.54) is 6.07 Å². The second-order valence-electron chi connectivity index (χ2n) is 7.12. The van der Waals surface area contributed by atoms with Crippen LogP contribution in [0.5, 0.6) is 5.88 Å². The largest absolute Gasteiger partial charge is 0.481 e. The van der Waals surface area contributed by atoms with Gasteiger partial charge in [-0.2, -0.15) is 4.98 Å². The van der Waals surface area contributed by atoms with E-state index in [0.717, 1.165) is 12.8 Å². The molecule has 1 amide bonds. The number of carbonyl (C=O) groups excluding carboxylic acids is 1. The van der Waals surface area contributed by atoms with Gasteiger partial charge in [-0.1, -0.05) is 23.2 Å². The molecule has 0 bridgehead atoms. The maximum atomic E-state index is 12.2. The van der Waals surface area contributed by atoms with Crippen molar-refractivity contribution in [3.63, 3.8) is 0 Å². The number of carboxylic acids is 1. The van der Waals surface area contributed by atoms with Crippen LogP contribution in [0, 0.1) is 5.41 Å². The summed E-state index contributed by atoms with van der Waals surface area (Å²) < 4.78 is 5.64. The van der Waals surface area contributed by atoms with E-state index in [4.69, 9.17) is 33.0 Å². The number of carbonyl (C=O) groups is 2. The molecular weight excluding hydrogens is 355 g/mol. The lowest BCUT2D eigenvalue weighted by molar-refractivity contribution is -0.138. The molecule has 1 saturated carbocycles. The van der Waals surface area contributed by atoms with Gasteiger partial charge in [0.1, 0.15) is 10.6 Å². The molecule has 1 aromatic heterocycles. The molecule has 2 rings (SSSR count). The molecule has 0 spiro atoms. The molecule has 1 aromatic rings. The van der Waals surface area contributed by atoms with Gasteiger partial charge in [0, 0.05) is 6.42 Å².